The molecule has 0 bridgehead atoms. The number of thiophene rings is 2. The van der Waals surface area contributed by atoms with Crippen molar-refractivity contribution < 1.29 is 28.7 Å². The summed E-state index contributed by atoms with van der Waals surface area (Å²) in [5, 5.41) is 7.24. The summed E-state index contributed by atoms with van der Waals surface area (Å²) in [7, 11) is 0. The molecule has 0 radical (unpaired) electrons. The molecule has 2 aromatic heterocycles. The van der Waals surface area contributed by atoms with Crippen LogP contribution in [-0.4, -0.2) is 37.0 Å². The van der Waals surface area contributed by atoms with Gasteiger partial charge in [-0.1, -0.05) is 18.2 Å². The van der Waals surface area contributed by atoms with Gasteiger partial charge in [0.2, 0.25) is 0 Å². The Kier molecular flexibility index (Phi) is 7.96. The molecule has 3 aromatic rings. The summed E-state index contributed by atoms with van der Waals surface area (Å²) in [4.78, 5) is 50.6. The maximum atomic E-state index is 12.8. The Morgan fingerprint density at radius 2 is 1.64 bits per heavy atom. The SMILES string of the molecule is CCOC(=O)c1c(NC(=O)COC(=O)c2sccc2C)sc(C(=O)Nc2ccccc2)c1C. The highest BCUT2D eigenvalue weighted by Crippen LogP contribution is 2.34. The number of amides is 2. The minimum atomic E-state index is -0.661. The summed E-state index contributed by atoms with van der Waals surface area (Å²) in [6, 6.07) is 10.6. The van der Waals surface area contributed by atoms with E-state index in [9.17, 15) is 19.2 Å². The fraction of sp³-hybridized carbons (Fsp3) is 0.217. The number of hydrogen-bond acceptors (Lipinski definition) is 8. The zero-order valence-electron chi connectivity index (χ0n) is 18.2. The van der Waals surface area contributed by atoms with E-state index in [1.54, 1.807) is 56.5 Å². The smallest absolute Gasteiger partial charge is 0.349 e. The van der Waals surface area contributed by atoms with Gasteiger partial charge in [0.15, 0.2) is 6.61 Å². The molecule has 0 unspecified atom stereocenters. The minimum Gasteiger partial charge on any atom is -0.462 e. The normalized spacial score (nSPS) is 10.4. The molecule has 0 aliphatic carbocycles. The van der Waals surface area contributed by atoms with E-state index in [0.29, 0.717) is 16.1 Å². The van der Waals surface area contributed by atoms with Crippen molar-refractivity contribution in [3.05, 3.63) is 68.2 Å². The van der Waals surface area contributed by atoms with Crippen molar-refractivity contribution in [1.82, 2.24) is 0 Å². The van der Waals surface area contributed by atoms with Gasteiger partial charge < -0.3 is 20.1 Å². The van der Waals surface area contributed by atoms with Crippen molar-refractivity contribution in [1.29, 1.82) is 0 Å². The van der Waals surface area contributed by atoms with Crippen LogP contribution >= 0.6 is 22.7 Å². The number of para-hydroxylation sites is 1. The molecule has 10 heteroatoms. The molecule has 0 aliphatic rings. The molecule has 2 N–H and O–H groups in total. The molecule has 3 rings (SSSR count). The van der Waals surface area contributed by atoms with Gasteiger partial charge in [-0.25, -0.2) is 9.59 Å². The Morgan fingerprint density at radius 1 is 0.909 bits per heavy atom. The topological polar surface area (TPSA) is 111 Å². The Balaban J connectivity index is 1.77. The van der Waals surface area contributed by atoms with E-state index in [4.69, 9.17) is 9.47 Å². The van der Waals surface area contributed by atoms with Crippen molar-refractivity contribution in [3.8, 4) is 0 Å². The molecule has 172 valence electrons. The van der Waals surface area contributed by atoms with Gasteiger partial charge in [-0.3, -0.25) is 9.59 Å². The molecule has 8 nitrogen and oxygen atoms in total. The van der Waals surface area contributed by atoms with Crippen molar-refractivity contribution >= 4 is 57.1 Å². The number of esters is 2. The molecule has 2 amide bonds. The standard InChI is InChI=1S/C23H22N2O6S2/c1-4-30-22(28)17-14(3)19(20(27)24-15-8-6-5-7-9-15)33-21(17)25-16(26)12-31-23(29)18-13(2)10-11-32-18/h5-11H,4,12H2,1-3H3,(H,24,27)(H,25,26). The molecular formula is C23H22N2O6S2. The van der Waals surface area contributed by atoms with Gasteiger partial charge in [0.25, 0.3) is 11.8 Å². The van der Waals surface area contributed by atoms with Crippen LogP contribution in [0, 0.1) is 13.8 Å². The lowest BCUT2D eigenvalue weighted by atomic mass is 10.1. The number of hydrogen-bond donors (Lipinski definition) is 2. The van der Waals surface area contributed by atoms with Crippen LogP contribution in [0.4, 0.5) is 10.7 Å². The van der Waals surface area contributed by atoms with Crippen LogP contribution in [0.25, 0.3) is 0 Å². The van der Waals surface area contributed by atoms with E-state index >= 15 is 0 Å². The van der Waals surface area contributed by atoms with Gasteiger partial charge in [-0.15, -0.1) is 22.7 Å². The van der Waals surface area contributed by atoms with Gasteiger partial charge in [0.05, 0.1) is 17.0 Å². The number of aryl methyl sites for hydroxylation is 1. The summed E-state index contributed by atoms with van der Waals surface area (Å²) in [5.41, 5.74) is 1.83. The second kappa shape index (κ2) is 10.9. The Bertz CT molecular complexity index is 1180. The molecular weight excluding hydrogens is 464 g/mol. The van der Waals surface area contributed by atoms with Gasteiger partial charge in [-0.05, 0) is 55.5 Å². The van der Waals surface area contributed by atoms with E-state index < -0.39 is 30.4 Å². The third kappa shape index (κ3) is 5.85. The summed E-state index contributed by atoms with van der Waals surface area (Å²) >= 11 is 2.17. The van der Waals surface area contributed by atoms with Gasteiger partial charge >= 0.3 is 11.9 Å². The van der Waals surface area contributed by atoms with Crippen LogP contribution in [0.1, 0.15) is 47.8 Å². The van der Waals surface area contributed by atoms with E-state index in [1.807, 2.05) is 6.07 Å². The number of benzene rings is 1. The summed E-state index contributed by atoms with van der Waals surface area (Å²) < 4.78 is 10.2. The quantitative estimate of drug-likeness (QED) is 0.449. The number of carbonyl (C=O) groups is 4. The van der Waals surface area contributed by atoms with E-state index in [-0.39, 0.29) is 22.0 Å². The van der Waals surface area contributed by atoms with Crippen LogP contribution < -0.4 is 10.6 Å². The summed E-state index contributed by atoms with van der Waals surface area (Å²) in [6.45, 7) is 4.63. The van der Waals surface area contributed by atoms with Crippen LogP contribution in [0.15, 0.2) is 41.8 Å². The second-order valence-corrected chi connectivity index (χ2v) is 8.79. The third-order valence-corrected chi connectivity index (χ3v) is 6.70. The van der Waals surface area contributed by atoms with Crippen LogP contribution in [0.3, 0.4) is 0 Å². The highest BCUT2D eigenvalue weighted by Gasteiger charge is 2.27. The van der Waals surface area contributed by atoms with Crippen LogP contribution in [0.5, 0.6) is 0 Å². The Hall–Kier alpha value is -3.50. The van der Waals surface area contributed by atoms with Gasteiger partial charge in [-0.2, -0.15) is 0 Å². The first-order valence-electron chi connectivity index (χ1n) is 9.99. The van der Waals surface area contributed by atoms with E-state index in [2.05, 4.69) is 10.6 Å². The predicted octanol–water partition coefficient (Wildman–Crippen LogP) is 4.65. The van der Waals surface area contributed by atoms with Crippen LogP contribution in [-0.2, 0) is 14.3 Å². The largest absolute Gasteiger partial charge is 0.462 e. The number of ether oxygens (including phenoxy) is 2. The first-order chi connectivity index (χ1) is 15.8. The molecule has 0 spiro atoms. The van der Waals surface area contributed by atoms with Gasteiger partial charge in [0, 0.05) is 5.69 Å². The fourth-order valence-corrected chi connectivity index (χ4v) is 4.84. The molecule has 0 saturated carbocycles. The highest BCUT2D eigenvalue weighted by molar-refractivity contribution is 7.19. The molecule has 33 heavy (non-hydrogen) atoms. The monoisotopic (exact) mass is 486 g/mol. The summed E-state index contributed by atoms with van der Waals surface area (Å²) in [6.07, 6.45) is 0. The molecule has 1 aromatic carbocycles. The highest BCUT2D eigenvalue weighted by atomic mass is 32.1. The maximum absolute atomic E-state index is 12.8. The molecule has 2 heterocycles. The molecule has 0 aliphatic heterocycles. The summed E-state index contributed by atoms with van der Waals surface area (Å²) in [5.74, 6) is -2.33. The minimum absolute atomic E-state index is 0.0915. The maximum Gasteiger partial charge on any atom is 0.349 e. The Labute approximate surface area is 198 Å². The fourth-order valence-electron chi connectivity index (χ4n) is 2.92. The zero-order valence-corrected chi connectivity index (χ0v) is 19.9. The first kappa shape index (κ1) is 24.1. The zero-order chi connectivity index (χ0) is 24.0. The van der Waals surface area contributed by atoms with E-state index in [0.717, 1.165) is 16.9 Å². The van der Waals surface area contributed by atoms with Crippen LogP contribution in [0.2, 0.25) is 0 Å². The average molecular weight is 487 g/mol. The van der Waals surface area contributed by atoms with Crippen molar-refractivity contribution in [2.24, 2.45) is 0 Å². The van der Waals surface area contributed by atoms with Crippen molar-refractivity contribution in [3.63, 3.8) is 0 Å². The number of carbonyl (C=O) groups excluding carboxylic acids is 4. The first-order valence-corrected chi connectivity index (χ1v) is 11.7. The average Bonchev–Trinajstić information content (AvgIpc) is 3.35. The number of nitrogens with one attached hydrogen (secondary N) is 2. The lowest BCUT2D eigenvalue weighted by molar-refractivity contribution is -0.119. The predicted molar refractivity (Wildman–Crippen MR) is 127 cm³/mol. The number of rotatable bonds is 8. The third-order valence-electron chi connectivity index (χ3n) is 4.50. The molecule has 0 saturated heterocycles. The van der Waals surface area contributed by atoms with Crippen molar-refractivity contribution in [2.75, 3.05) is 23.8 Å². The van der Waals surface area contributed by atoms with Crippen molar-refractivity contribution in [2.45, 2.75) is 20.8 Å². The van der Waals surface area contributed by atoms with Gasteiger partial charge in [0.1, 0.15) is 9.88 Å². The lowest BCUT2D eigenvalue weighted by Crippen LogP contribution is -2.21. The number of anilines is 2. The molecule has 0 fully saturated rings. The van der Waals surface area contributed by atoms with E-state index in [1.165, 1.54) is 11.3 Å². The Morgan fingerprint density at radius 3 is 2.27 bits per heavy atom. The second-order valence-electron chi connectivity index (χ2n) is 6.86. The lowest BCUT2D eigenvalue weighted by Gasteiger charge is -2.08. The molecule has 0 atom stereocenters.